The van der Waals surface area contributed by atoms with Crippen LogP contribution in [0, 0.1) is 6.92 Å². The molecule has 2 fully saturated rings. The van der Waals surface area contributed by atoms with Crippen LogP contribution >= 0.6 is 11.8 Å². The van der Waals surface area contributed by atoms with Gasteiger partial charge in [0.1, 0.15) is 0 Å². The minimum Gasteiger partial charge on any atom is -0.370 e. The lowest BCUT2D eigenvalue weighted by molar-refractivity contribution is -0.115. The van der Waals surface area contributed by atoms with Crippen molar-refractivity contribution in [1.29, 1.82) is 0 Å². The number of aromatic nitrogens is 1. The van der Waals surface area contributed by atoms with E-state index in [0.29, 0.717) is 4.91 Å². The average molecular weight is 445 g/mol. The standard InChI is InChI=1S/C25H24N4O2S/c1-15-10-17(7-8-22(15)29-9-3-4-18(26)14-29)19-5-2-6-21-20(19)11-16(13-27-21)12-23-24(30)28-25(31)32-23/h2,5-8,10-13,18H,3-4,9,14,26H2,1H3,(H,28,30,31)/t18-/m1/s1. The summed E-state index contributed by atoms with van der Waals surface area (Å²) in [6, 6.07) is 14.9. The van der Waals surface area contributed by atoms with Crippen LogP contribution in [0.25, 0.3) is 28.1 Å². The second-order valence-corrected chi connectivity index (χ2v) is 9.36. The van der Waals surface area contributed by atoms with Crippen LogP contribution in [0.1, 0.15) is 24.0 Å². The van der Waals surface area contributed by atoms with Gasteiger partial charge in [-0.05, 0) is 84.1 Å². The third kappa shape index (κ3) is 4.01. The molecule has 5 rings (SSSR count). The van der Waals surface area contributed by atoms with Gasteiger partial charge in [0, 0.05) is 36.4 Å². The predicted octanol–water partition coefficient (Wildman–Crippen LogP) is 4.46. The summed E-state index contributed by atoms with van der Waals surface area (Å²) in [7, 11) is 0. The fraction of sp³-hybridized carbons (Fsp3) is 0.240. The third-order valence-electron chi connectivity index (χ3n) is 5.99. The minimum atomic E-state index is -0.364. The molecule has 0 bridgehead atoms. The van der Waals surface area contributed by atoms with Crippen LogP contribution in [0.5, 0.6) is 0 Å². The Kier molecular flexibility index (Phi) is 5.45. The molecule has 0 radical (unpaired) electrons. The molecule has 0 spiro atoms. The number of carbonyl (C=O) groups excluding carboxylic acids is 2. The first-order valence-corrected chi connectivity index (χ1v) is 11.5. The quantitative estimate of drug-likeness (QED) is 0.580. The van der Waals surface area contributed by atoms with Gasteiger partial charge in [0.25, 0.3) is 11.1 Å². The number of hydrogen-bond donors (Lipinski definition) is 2. The monoisotopic (exact) mass is 444 g/mol. The Morgan fingerprint density at radius 1 is 1.22 bits per heavy atom. The molecule has 7 heteroatoms. The first kappa shape index (κ1) is 20.7. The van der Waals surface area contributed by atoms with E-state index in [1.807, 2.05) is 18.2 Å². The lowest BCUT2D eigenvalue weighted by atomic mass is 9.96. The molecular weight excluding hydrogens is 420 g/mol. The Bertz CT molecular complexity index is 1270. The fourth-order valence-corrected chi connectivity index (χ4v) is 5.16. The number of carbonyl (C=O) groups is 2. The number of amides is 2. The van der Waals surface area contributed by atoms with Crippen LogP contribution in [0.15, 0.2) is 53.6 Å². The van der Waals surface area contributed by atoms with Crippen molar-refractivity contribution in [2.75, 3.05) is 18.0 Å². The summed E-state index contributed by atoms with van der Waals surface area (Å²) in [4.78, 5) is 30.7. The van der Waals surface area contributed by atoms with Crippen molar-refractivity contribution in [2.24, 2.45) is 5.73 Å². The highest BCUT2D eigenvalue weighted by Gasteiger charge is 2.25. The Labute approximate surface area is 190 Å². The molecule has 1 aromatic heterocycles. The van der Waals surface area contributed by atoms with Crippen molar-refractivity contribution in [2.45, 2.75) is 25.8 Å². The van der Waals surface area contributed by atoms with Crippen LogP contribution in [0.3, 0.4) is 0 Å². The van der Waals surface area contributed by atoms with Gasteiger partial charge in [-0.15, -0.1) is 0 Å². The van der Waals surface area contributed by atoms with Gasteiger partial charge in [-0.2, -0.15) is 0 Å². The van der Waals surface area contributed by atoms with Gasteiger partial charge in [-0.25, -0.2) is 0 Å². The number of pyridine rings is 1. The number of nitrogens with one attached hydrogen (secondary N) is 1. The molecule has 2 aromatic carbocycles. The summed E-state index contributed by atoms with van der Waals surface area (Å²) < 4.78 is 0. The van der Waals surface area contributed by atoms with Crippen molar-refractivity contribution in [3.05, 3.63) is 64.7 Å². The van der Waals surface area contributed by atoms with E-state index in [1.165, 1.54) is 11.3 Å². The van der Waals surface area contributed by atoms with Gasteiger partial charge in [0.15, 0.2) is 0 Å². The van der Waals surface area contributed by atoms with Crippen molar-refractivity contribution < 1.29 is 9.59 Å². The molecule has 162 valence electrons. The highest BCUT2D eigenvalue weighted by molar-refractivity contribution is 8.18. The SMILES string of the molecule is Cc1cc(-c2cccc3ncc(C=C4SC(=O)NC4=O)cc23)ccc1N1CCC[C@@H](N)C1. The minimum absolute atomic E-state index is 0.231. The number of hydrogen-bond acceptors (Lipinski definition) is 6. The van der Waals surface area contributed by atoms with Gasteiger partial charge in [0.2, 0.25) is 0 Å². The molecule has 3 N–H and O–H groups in total. The van der Waals surface area contributed by atoms with E-state index in [0.717, 1.165) is 65.3 Å². The number of nitrogens with zero attached hydrogens (tertiary/aromatic N) is 2. The number of thioether (sulfide) groups is 1. The molecule has 2 amide bonds. The number of benzene rings is 2. The number of piperidine rings is 1. The third-order valence-corrected chi connectivity index (χ3v) is 6.80. The van der Waals surface area contributed by atoms with Crippen LogP contribution in [0.2, 0.25) is 0 Å². The summed E-state index contributed by atoms with van der Waals surface area (Å²) in [6.07, 6.45) is 5.65. The van der Waals surface area contributed by atoms with E-state index in [1.54, 1.807) is 12.3 Å². The van der Waals surface area contributed by atoms with Gasteiger partial charge in [-0.3, -0.25) is 19.9 Å². The number of fused-ring (bicyclic) bond motifs is 1. The summed E-state index contributed by atoms with van der Waals surface area (Å²) in [5, 5.41) is 2.94. The normalized spacial score (nSPS) is 20.2. The molecule has 1 atom stereocenters. The fourth-order valence-electron chi connectivity index (χ4n) is 4.47. The second kappa shape index (κ2) is 8.41. The van der Waals surface area contributed by atoms with Crippen LogP contribution < -0.4 is 16.0 Å². The largest absolute Gasteiger partial charge is 0.370 e. The smallest absolute Gasteiger partial charge is 0.290 e. The lowest BCUT2D eigenvalue weighted by Crippen LogP contribution is -2.43. The summed E-state index contributed by atoms with van der Waals surface area (Å²) in [5.41, 5.74) is 12.5. The highest BCUT2D eigenvalue weighted by Crippen LogP contribution is 2.33. The van der Waals surface area contributed by atoms with E-state index in [-0.39, 0.29) is 17.2 Å². The maximum absolute atomic E-state index is 11.9. The first-order valence-electron chi connectivity index (χ1n) is 10.7. The maximum Gasteiger partial charge on any atom is 0.290 e. The molecule has 2 saturated heterocycles. The molecule has 6 nitrogen and oxygen atoms in total. The average Bonchev–Trinajstić information content (AvgIpc) is 3.09. The van der Waals surface area contributed by atoms with E-state index in [2.05, 4.69) is 46.4 Å². The van der Waals surface area contributed by atoms with Gasteiger partial charge >= 0.3 is 0 Å². The van der Waals surface area contributed by atoms with Crippen LogP contribution in [-0.4, -0.2) is 35.3 Å². The zero-order valence-corrected chi connectivity index (χ0v) is 18.6. The first-order chi connectivity index (χ1) is 15.5. The molecule has 3 aromatic rings. The molecule has 3 heterocycles. The second-order valence-electron chi connectivity index (χ2n) is 8.34. The van der Waals surface area contributed by atoms with Gasteiger partial charge in [0.05, 0.1) is 10.4 Å². The Morgan fingerprint density at radius 2 is 2.09 bits per heavy atom. The summed E-state index contributed by atoms with van der Waals surface area (Å²) in [5.74, 6) is -0.364. The number of nitrogens with two attached hydrogens (primary N) is 1. The molecule has 2 aliphatic rings. The van der Waals surface area contributed by atoms with Crippen molar-refractivity contribution >= 4 is 45.6 Å². The van der Waals surface area contributed by atoms with E-state index < -0.39 is 0 Å². The molecule has 0 saturated carbocycles. The molecule has 2 aliphatic heterocycles. The van der Waals surface area contributed by atoms with Crippen molar-refractivity contribution in [1.82, 2.24) is 10.3 Å². The Balaban J connectivity index is 1.52. The number of imide groups is 1. The summed E-state index contributed by atoms with van der Waals surface area (Å²) >= 11 is 0.912. The Hall–Kier alpha value is -3.16. The lowest BCUT2D eigenvalue weighted by Gasteiger charge is -2.33. The molecule has 32 heavy (non-hydrogen) atoms. The van der Waals surface area contributed by atoms with Crippen molar-refractivity contribution in [3.8, 4) is 11.1 Å². The number of aryl methyl sites for hydroxylation is 1. The zero-order valence-electron chi connectivity index (χ0n) is 17.8. The van der Waals surface area contributed by atoms with Gasteiger partial charge in [-0.1, -0.05) is 18.2 Å². The predicted molar refractivity (Wildman–Crippen MR) is 130 cm³/mol. The zero-order chi connectivity index (χ0) is 22.2. The van der Waals surface area contributed by atoms with Crippen molar-refractivity contribution in [3.63, 3.8) is 0 Å². The molecular formula is C25H24N4O2S. The van der Waals surface area contributed by atoms with Crippen LogP contribution in [-0.2, 0) is 4.79 Å². The topological polar surface area (TPSA) is 88.3 Å². The molecule has 0 aliphatic carbocycles. The van der Waals surface area contributed by atoms with Crippen LogP contribution in [0.4, 0.5) is 10.5 Å². The maximum atomic E-state index is 11.9. The number of anilines is 1. The molecule has 0 unspecified atom stereocenters. The number of rotatable bonds is 3. The van der Waals surface area contributed by atoms with Gasteiger partial charge < -0.3 is 10.6 Å². The van der Waals surface area contributed by atoms with E-state index in [4.69, 9.17) is 5.73 Å². The van der Waals surface area contributed by atoms with E-state index in [9.17, 15) is 9.59 Å². The van der Waals surface area contributed by atoms with E-state index >= 15 is 0 Å². The Morgan fingerprint density at radius 3 is 2.84 bits per heavy atom. The highest BCUT2D eigenvalue weighted by atomic mass is 32.2. The summed E-state index contributed by atoms with van der Waals surface area (Å²) in [6.45, 7) is 4.08.